The molecule has 3 amide bonds. The van der Waals surface area contributed by atoms with Crippen molar-refractivity contribution in [3.8, 4) is 11.5 Å². The van der Waals surface area contributed by atoms with Crippen LogP contribution < -0.4 is 10.6 Å². The Kier molecular flexibility index (Phi) is 7.48. The molecule has 1 atom stereocenters. The molecule has 10 nitrogen and oxygen atoms in total. The summed E-state index contributed by atoms with van der Waals surface area (Å²) in [5.41, 5.74) is 0.547. The van der Waals surface area contributed by atoms with Gasteiger partial charge in [0.1, 0.15) is 5.69 Å². The molecule has 1 aliphatic heterocycles. The second kappa shape index (κ2) is 10.5. The fourth-order valence-corrected chi connectivity index (χ4v) is 3.21. The van der Waals surface area contributed by atoms with Gasteiger partial charge in [-0.2, -0.15) is 4.98 Å². The Morgan fingerprint density at radius 3 is 3.03 bits per heavy atom. The Balaban J connectivity index is 1.68. The third kappa shape index (κ3) is 5.97. The van der Waals surface area contributed by atoms with Crippen LogP contribution in [0.2, 0.25) is 0 Å². The number of carbonyl (C=O) groups is 2. The van der Waals surface area contributed by atoms with E-state index in [1.54, 1.807) is 23.5 Å². The van der Waals surface area contributed by atoms with E-state index in [-0.39, 0.29) is 17.9 Å². The second-order valence-electron chi connectivity index (χ2n) is 6.99. The summed E-state index contributed by atoms with van der Waals surface area (Å²) in [6.07, 6.45) is 8.15. The molecule has 2 aromatic heterocycles. The van der Waals surface area contributed by atoms with Gasteiger partial charge in [0, 0.05) is 50.9 Å². The van der Waals surface area contributed by atoms with Gasteiger partial charge in [-0.3, -0.25) is 9.78 Å². The monoisotopic (exact) mass is 401 g/mol. The molecule has 0 bridgehead atoms. The number of nitrogens with one attached hydrogen (secondary N) is 2. The molecule has 0 radical (unpaired) electrons. The van der Waals surface area contributed by atoms with Crippen LogP contribution in [0.25, 0.3) is 11.5 Å². The molecule has 0 aromatic carbocycles. The fourth-order valence-electron chi connectivity index (χ4n) is 3.21. The zero-order valence-electron chi connectivity index (χ0n) is 16.6. The molecule has 3 heterocycles. The molecule has 0 saturated carbocycles. The summed E-state index contributed by atoms with van der Waals surface area (Å²) < 4.78 is 5.48. The van der Waals surface area contributed by atoms with Crippen LogP contribution in [0.15, 0.2) is 23.1 Å². The number of hydrogen-bond acceptors (Lipinski definition) is 7. The lowest BCUT2D eigenvalue weighted by molar-refractivity contribution is -0.121. The van der Waals surface area contributed by atoms with Gasteiger partial charge in [-0.15, -0.1) is 0 Å². The number of carbonyl (C=O) groups excluding carboxylic acids is 2. The van der Waals surface area contributed by atoms with E-state index in [0.29, 0.717) is 56.4 Å². The van der Waals surface area contributed by atoms with Crippen LogP contribution >= 0.6 is 0 Å². The molecule has 29 heavy (non-hydrogen) atoms. The van der Waals surface area contributed by atoms with E-state index in [1.165, 1.54) is 0 Å². The highest BCUT2D eigenvalue weighted by molar-refractivity contribution is 5.78. The van der Waals surface area contributed by atoms with Gasteiger partial charge in [0.25, 0.3) is 0 Å². The first-order valence-electron chi connectivity index (χ1n) is 10.1. The van der Waals surface area contributed by atoms with Crippen molar-refractivity contribution in [3.05, 3.63) is 24.5 Å². The standard InChI is InChI=1S/C19H27N7O3/c1-2-7-23-19(28)26-11-3-4-14(5-8-22-16(27)6-12-26)18-24-17(25-29-18)15-13-20-9-10-21-15/h9-10,13-14H,2-8,11-12H2,1H3,(H,22,27)(H,23,28). The largest absolute Gasteiger partial charge is 0.356 e. The van der Waals surface area contributed by atoms with Crippen molar-refractivity contribution in [3.63, 3.8) is 0 Å². The average Bonchev–Trinajstić information content (AvgIpc) is 3.22. The number of urea groups is 1. The van der Waals surface area contributed by atoms with Gasteiger partial charge in [0.05, 0.1) is 6.20 Å². The topological polar surface area (TPSA) is 126 Å². The summed E-state index contributed by atoms with van der Waals surface area (Å²) in [7, 11) is 0. The summed E-state index contributed by atoms with van der Waals surface area (Å²) in [6, 6.07) is -0.127. The van der Waals surface area contributed by atoms with E-state index in [9.17, 15) is 9.59 Å². The number of hydrogen-bond donors (Lipinski definition) is 2. The van der Waals surface area contributed by atoms with E-state index >= 15 is 0 Å². The lowest BCUT2D eigenvalue weighted by Crippen LogP contribution is -2.42. The highest BCUT2D eigenvalue weighted by atomic mass is 16.5. The smallest absolute Gasteiger partial charge is 0.317 e. The molecule has 2 N–H and O–H groups in total. The van der Waals surface area contributed by atoms with Crippen LogP contribution in [-0.2, 0) is 4.79 Å². The van der Waals surface area contributed by atoms with Crippen LogP contribution in [-0.4, -0.2) is 63.1 Å². The van der Waals surface area contributed by atoms with Crippen LogP contribution in [0.4, 0.5) is 4.79 Å². The minimum absolute atomic E-state index is 0.00752. The zero-order valence-corrected chi connectivity index (χ0v) is 16.6. The number of amides is 3. The predicted molar refractivity (Wildman–Crippen MR) is 105 cm³/mol. The molecule has 3 rings (SSSR count). The Morgan fingerprint density at radius 1 is 1.34 bits per heavy atom. The fraction of sp³-hybridized carbons (Fsp3) is 0.579. The Labute approximate surface area is 169 Å². The van der Waals surface area contributed by atoms with Crippen molar-refractivity contribution in [2.75, 3.05) is 26.2 Å². The zero-order chi connectivity index (χ0) is 20.5. The summed E-state index contributed by atoms with van der Waals surface area (Å²) in [6.45, 7) is 4.13. The van der Waals surface area contributed by atoms with Crippen LogP contribution in [0, 0.1) is 0 Å². The molecule has 1 aliphatic rings. The van der Waals surface area contributed by atoms with Crippen molar-refractivity contribution in [1.82, 2.24) is 35.6 Å². The Morgan fingerprint density at radius 2 is 2.24 bits per heavy atom. The van der Waals surface area contributed by atoms with E-state index < -0.39 is 0 Å². The number of rotatable bonds is 4. The minimum atomic E-state index is -0.127. The molecule has 1 saturated heterocycles. The highest BCUT2D eigenvalue weighted by Crippen LogP contribution is 2.25. The summed E-state index contributed by atoms with van der Waals surface area (Å²) in [4.78, 5) is 38.8. The van der Waals surface area contributed by atoms with Crippen molar-refractivity contribution in [1.29, 1.82) is 0 Å². The first kappa shape index (κ1) is 20.7. The van der Waals surface area contributed by atoms with Gasteiger partial charge in [-0.05, 0) is 25.7 Å². The molecule has 0 spiro atoms. The number of aromatic nitrogens is 4. The maximum Gasteiger partial charge on any atom is 0.317 e. The van der Waals surface area contributed by atoms with E-state index in [0.717, 1.165) is 19.3 Å². The molecule has 2 aromatic rings. The van der Waals surface area contributed by atoms with Crippen LogP contribution in [0.1, 0.15) is 50.8 Å². The maximum atomic E-state index is 12.4. The normalized spacial score (nSPS) is 18.6. The van der Waals surface area contributed by atoms with Gasteiger partial charge in [0.2, 0.25) is 17.6 Å². The van der Waals surface area contributed by atoms with Gasteiger partial charge >= 0.3 is 6.03 Å². The van der Waals surface area contributed by atoms with Gasteiger partial charge < -0.3 is 20.1 Å². The van der Waals surface area contributed by atoms with Gasteiger partial charge in [0.15, 0.2) is 0 Å². The molecule has 156 valence electrons. The minimum Gasteiger partial charge on any atom is -0.356 e. The highest BCUT2D eigenvalue weighted by Gasteiger charge is 2.23. The van der Waals surface area contributed by atoms with Crippen LogP contribution in [0.5, 0.6) is 0 Å². The van der Waals surface area contributed by atoms with E-state index in [2.05, 4.69) is 30.7 Å². The van der Waals surface area contributed by atoms with Crippen molar-refractivity contribution in [2.45, 2.75) is 44.9 Å². The predicted octanol–water partition coefficient (Wildman–Crippen LogP) is 1.72. The van der Waals surface area contributed by atoms with Crippen molar-refractivity contribution < 1.29 is 14.1 Å². The summed E-state index contributed by atoms with van der Waals surface area (Å²) in [5.74, 6) is 0.838. The van der Waals surface area contributed by atoms with E-state index in [4.69, 9.17) is 4.52 Å². The summed E-state index contributed by atoms with van der Waals surface area (Å²) >= 11 is 0. The third-order valence-corrected chi connectivity index (χ3v) is 4.80. The molecule has 10 heteroatoms. The molecule has 1 fully saturated rings. The molecular formula is C19H27N7O3. The van der Waals surface area contributed by atoms with Gasteiger partial charge in [-0.25, -0.2) is 9.78 Å². The molecule has 1 unspecified atom stereocenters. The van der Waals surface area contributed by atoms with Gasteiger partial charge in [-0.1, -0.05) is 12.1 Å². The molecule has 0 aliphatic carbocycles. The Bertz CT molecular complexity index is 796. The van der Waals surface area contributed by atoms with E-state index in [1.807, 2.05) is 6.92 Å². The first-order chi connectivity index (χ1) is 14.2. The average molecular weight is 401 g/mol. The third-order valence-electron chi connectivity index (χ3n) is 4.80. The quantitative estimate of drug-likeness (QED) is 0.799. The molecular weight excluding hydrogens is 374 g/mol. The van der Waals surface area contributed by atoms with Crippen molar-refractivity contribution >= 4 is 11.9 Å². The lowest BCUT2D eigenvalue weighted by Gasteiger charge is -2.23. The second-order valence-corrected chi connectivity index (χ2v) is 6.99. The maximum absolute atomic E-state index is 12.4. The van der Waals surface area contributed by atoms with Crippen molar-refractivity contribution in [2.24, 2.45) is 0 Å². The van der Waals surface area contributed by atoms with Crippen LogP contribution in [0.3, 0.4) is 0 Å². The number of nitrogens with zero attached hydrogens (tertiary/aromatic N) is 5. The Hall–Kier alpha value is -3.04. The summed E-state index contributed by atoms with van der Waals surface area (Å²) in [5, 5.41) is 9.81. The SMILES string of the molecule is CCCNC(=O)N1CCCC(c2nc(-c3cnccn3)no2)CCNC(=O)CC1. The first-order valence-corrected chi connectivity index (χ1v) is 10.1. The lowest BCUT2D eigenvalue weighted by atomic mass is 9.99.